The average Bonchev–Trinajstić information content (AvgIpc) is 2.50. The fourth-order valence-electron chi connectivity index (χ4n) is 2.03. The Bertz CT molecular complexity index is 532. The molecule has 0 aromatic heterocycles. The first-order chi connectivity index (χ1) is 12.0. The number of nitriles is 1. The van der Waals surface area contributed by atoms with Crippen LogP contribution in [0.2, 0.25) is 18.1 Å². The van der Waals surface area contributed by atoms with Crippen molar-refractivity contribution >= 4 is 14.4 Å². The molecule has 2 unspecified atom stereocenters. The number of ether oxygens (including phenoxy) is 2. The van der Waals surface area contributed by atoms with E-state index in [1.54, 1.807) is 34.9 Å². The van der Waals surface area contributed by atoms with Gasteiger partial charge in [-0.05, 0) is 58.7 Å². The molecule has 0 saturated carbocycles. The van der Waals surface area contributed by atoms with Crippen molar-refractivity contribution < 1.29 is 18.7 Å². The summed E-state index contributed by atoms with van der Waals surface area (Å²) in [6.07, 6.45) is 0.590. The zero-order valence-electron chi connectivity index (χ0n) is 19.2. The van der Waals surface area contributed by atoms with E-state index in [-0.39, 0.29) is 5.04 Å². The Morgan fingerprint density at radius 1 is 1.15 bits per heavy atom. The van der Waals surface area contributed by atoms with Crippen molar-refractivity contribution in [1.29, 1.82) is 5.26 Å². The highest BCUT2D eigenvalue weighted by Crippen LogP contribution is 2.37. The summed E-state index contributed by atoms with van der Waals surface area (Å²) in [5.74, 6) is 0. The molecule has 0 aliphatic heterocycles. The van der Waals surface area contributed by atoms with E-state index in [0.717, 1.165) is 0 Å². The van der Waals surface area contributed by atoms with Gasteiger partial charge in [0.15, 0.2) is 8.32 Å². The molecule has 158 valence electrons. The van der Waals surface area contributed by atoms with Crippen LogP contribution in [0.15, 0.2) is 0 Å². The van der Waals surface area contributed by atoms with Gasteiger partial charge < -0.3 is 13.9 Å². The molecule has 0 bridgehead atoms. The molecule has 0 fully saturated rings. The van der Waals surface area contributed by atoms with Gasteiger partial charge in [0.05, 0.1) is 18.3 Å². The summed E-state index contributed by atoms with van der Waals surface area (Å²) < 4.78 is 17.4. The van der Waals surface area contributed by atoms with Crippen LogP contribution in [0.1, 0.15) is 61.3 Å². The molecule has 1 amide bonds. The van der Waals surface area contributed by atoms with E-state index in [4.69, 9.17) is 13.9 Å². The van der Waals surface area contributed by atoms with Crippen molar-refractivity contribution in [3.8, 4) is 6.07 Å². The minimum absolute atomic E-state index is 0.119. The monoisotopic (exact) mass is 400 g/mol. The minimum atomic E-state index is -1.89. The van der Waals surface area contributed by atoms with E-state index >= 15 is 0 Å². The number of hydrogen-bond donors (Lipinski definition) is 0. The zero-order valence-corrected chi connectivity index (χ0v) is 20.2. The summed E-state index contributed by atoms with van der Waals surface area (Å²) in [4.78, 5) is 13.6. The first-order valence-corrected chi connectivity index (χ1v) is 12.4. The predicted molar refractivity (Wildman–Crippen MR) is 111 cm³/mol. The lowest BCUT2D eigenvalue weighted by Gasteiger charge is -2.40. The largest absolute Gasteiger partial charge is 0.444 e. The maximum Gasteiger partial charge on any atom is 0.411 e. The Morgan fingerprint density at radius 2 is 1.67 bits per heavy atom. The summed E-state index contributed by atoms with van der Waals surface area (Å²) in [6.45, 7) is 18.9. The van der Waals surface area contributed by atoms with Crippen LogP contribution in [0.3, 0.4) is 0 Å². The van der Waals surface area contributed by atoms with Gasteiger partial charge >= 0.3 is 6.09 Å². The summed E-state index contributed by atoms with van der Waals surface area (Å²) in [7, 11) is 1.36. The van der Waals surface area contributed by atoms with Gasteiger partial charge in [-0.15, -0.1) is 0 Å². The fraction of sp³-hybridized carbons (Fsp3) is 0.900. The topological polar surface area (TPSA) is 71.8 Å². The van der Waals surface area contributed by atoms with Gasteiger partial charge in [0.1, 0.15) is 11.6 Å². The van der Waals surface area contributed by atoms with Crippen molar-refractivity contribution in [2.75, 3.05) is 20.8 Å². The molecule has 7 heteroatoms. The van der Waals surface area contributed by atoms with Crippen molar-refractivity contribution in [2.24, 2.45) is 0 Å². The maximum atomic E-state index is 12.2. The van der Waals surface area contributed by atoms with Crippen LogP contribution in [0.4, 0.5) is 4.79 Å². The Morgan fingerprint density at radius 3 is 2.04 bits per heavy atom. The quantitative estimate of drug-likeness (QED) is 0.539. The molecule has 0 heterocycles. The molecule has 0 N–H and O–H groups in total. The molecule has 0 rings (SSSR count). The Kier molecular flexibility index (Phi) is 9.01. The number of rotatable bonds is 8. The molecule has 0 radical (unpaired) electrons. The average molecular weight is 401 g/mol. The van der Waals surface area contributed by atoms with Crippen LogP contribution in [0.25, 0.3) is 0 Å². The summed E-state index contributed by atoms with van der Waals surface area (Å²) in [5.41, 5.74) is -1.11. The lowest BCUT2D eigenvalue weighted by atomic mass is 9.97. The van der Waals surface area contributed by atoms with Crippen LogP contribution in [0.5, 0.6) is 0 Å². The summed E-state index contributed by atoms with van der Waals surface area (Å²) in [5, 5.41) is 9.63. The lowest BCUT2D eigenvalue weighted by Crippen LogP contribution is -2.46. The van der Waals surface area contributed by atoms with Crippen molar-refractivity contribution in [3.63, 3.8) is 0 Å². The Labute approximate surface area is 167 Å². The second-order valence-electron chi connectivity index (χ2n) is 9.98. The lowest BCUT2D eigenvalue weighted by molar-refractivity contribution is -0.0434. The number of nitrogens with zero attached hydrogens (tertiary/aromatic N) is 2. The number of methoxy groups -OCH3 is 1. The molecule has 0 aliphatic rings. The van der Waals surface area contributed by atoms with Gasteiger partial charge in [-0.3, -0.25) is 4.90 Å². The molecule has 0 saturated heterocycles. The van der Waals surface area contributed by atoms with Crippen LogP contribution in [-0.2, 0) is 13.9 Å². The van der Waals surface area contributed by atoms with Crippen LogP contribution in [0, 0.1) is 11.3 Å². The van der Waals surface area contributed by atoms with Gasteiger partial charge in [-0.25, -0.2) is 4.79 Å². The van der Waals surface area contributed by atoms with Gasteiger partial charge in [-0.1, -0.05) is 20.8 Å². The van der Waals surface area contributed by atoms with E-state index < -0.39 is 31.7 Å². The van der Waals surface area contributed by atoms with Crippen LogP contribution in [-0.4, -0.2) is 57.3 Å². The van der Waals surface area contributed by atoms with Gasteiger partial charge in [0.25, 0.3) is 0 Å². The van der Waals surface area contributed by atoms with Crippen molar-refractivity contribution in [2.45, 2.75) is 96.7 Å². The number of hydrogen-bond acceptors (Lipinski definition) is 5. The summed E-state index contributed by atoms with van der Waals surface area (Å²) in [6, 6.07) is 1.62. The molecule has 27 heavy (non-hydrogen) atoms. The predicted octanol–water partition coefficient (Wildman–Crippen LogP) is 4.95. The zero-order chi connectivity index (χ0) is 21.7. The molecule has 0 aromatic rings. The smallest absolute Gasteiger partial charge is 0.411 e. The SMILES string of the molecule is COC(C)(CCC(C#N)N(C)C(=O)OC(C)(C)C)CO[Si](C)(C)C(C)(C)C. The molecule has 2 atom stereocenters. The highest BCUT2D eigenvalue weighted by Gasteiger charge is 2.39. The van der Waals surface area contributed by atoms with Crippen LogP contribution < -0.4 is 0 Å². The second kappa shape index (κ2) is 9.40. The number of carbonyl (C=O) groups is 1. The third kappa shape index (κ3) is 8.63. The second-order valence-corrected chi connectivity index (χ2v) is 14.8. The molecule has 6 nitrogen and oxygen atoms in total. The fourth-order valence-corrected chi connectivity index (χ4v) is 3.13. The van der Waals surface area contributed by atoms with Gasteiger partial charge in [0, 0.05) is 14.2 Å². The van der Waals surface area contributed by atoms with Crippen LogP contribution >= 0.6 is 0 Å². The van der Waals surface area contributed by atoms with Gasteiger partial charge in [-0.2, -0.15) is 5.26 Å². The standard InChI is InChI=1S/C20H40N2O4Si/c1-18(2,3)26-17(23)22(8)16(14-21)12-13-20(7,24-9)15-25-27(10,11)19(4,5)6/h16H,12-13,15H2,1-11H3. The van der Waals surface area contributed by atoms with E-state index in [1.807, 2.05) is 6.92 Å². The maximum absolute atomic E-state index is 12.2. The molecular weight excluding hydrogens is 360 g/mol. The molecule has 0 spiro atoms. The first kappa shape index (κ1) is 25.9. The summed E-state index contributed by atoms with van der Waals surface area (Å²) >= 11 is 0. The third-order valence-corrected chi connectivity index (χ3v) is 9.76. The van der Waals surface area contributed by atoms with E-state index in [1.165, 1.54) is 4.90 Å². The normalized spacial score (nSPS) is 16.2. The van der Waals surface area contributed by atoms with Gasteiger partial charge in [0.2, 0.25) is 0 Å². The Balaban J connectivity index is 4.94. The van der Waals surface area contributed by atoms with Crippen molar-refractivity contribution in [1.82, 2.24) is 4.90 Å². The van der Waals surface area contributed by atoms with E-state index in [9.17, 15) is 10.1 Å². The molecule has 0 aromatic carbocycles. The van der Waals surface area contributed by atoms with E-state index in [0.29, 0.717) is 19.4 Å². The molecule has 0 aliphatic carbocycles. The number of amides is 1. The molecular formula is C20H40N2O4Si. The third-order valence-electron chi connectivity index (χ3n) is 5.28. The first-order valence-electron chi connectivity index (χ1n) is 9.52. The Hall–Kier alpha value is -1.10. The highest BCUT2D eigenvalue weighted by atomic mass is 28.4. The highest BCUT2D eigenvalue weighted by molar-refractivity contribution is 6.74. The van der Waals surface area contributed by atoms with E-state index in [2.05, 4.69) is 39.9 Å². The van der Waals surface area contributed by atoms with Crippen molar-refractivity contribution in [3.05, 3.63) is 0 Å². The number of carbonyl (C=O) groups excluding carboxylic acids is 1. The minimum Gasteiger partial charge on any atom is -0.444 e.